The molecule has 0 radical (unpaired) electrons. The molecule has 1 heterocycles. The maximum atomic E-state index is 12.9. The molecule has 0 saturated carbocycles. The molecule has 0 aromatic rings. The average Bonchev–Trinajstić information content (AvgIpc) is 2.77. The van der Waals surface area contributed by atoms with Gasteiger partial charge in [0.05, 0.1) is 6.04 Å². The van der Waals surface area contributed by atoms with E-state index >= 15 is 0 Å². The first-order valence-electron chi connectivity index (χ1n) is 6.69. The van der Waals surface area contributed by atoms with Gasteiger partial charge in [-0.15, -0.1) is 0 Å². The van der Waals surface area contributed by atoms with Crippen LogP contribution < -0.4 is 0 Å². The minimum absolute atomic E-state index is 0.0536. The van der Waals surface area contributed by atoms with Gasteiger partial charge >= 0.3 is 6.18 Å². The Bertz CT molecular complexity index is 482. The molecule has 1 aliphatic heterocycles. The van der Waals surface area contributed by atoms with Crippen molar-refractivity contribution in [1.29, 1.82) is 0 Å². The van der Waals surface area contributed by atoms with Crippen LogP contribution in [-0.2, 0) is 4.74 Å². The summed E-state index contributed by atoms with van der Waals surface area (Å²) in [5.41, 5.74) is -1.36. The Hall–Kier alpha value is -1.26. The van der Waals surface area contributed by atoms with Crippen LogP contribution in [0.5, 0.6) is 0 Å². The first kappa shape index (κ1) is 15.1. The topological polar surface area (TPSA) is 21.6 Å². The number of nitrogens with zero attached hydrogens (tertiary/aromatic N) is 1. The Morgan fingerprint density at radius 3 is 2.45 bits per heavy atom. The summed E-state index contributed by atoms with van der Waals surface area (Å²) in [5.74, 6) is 0.625. The molecule has 0 saturated heterocycles. The highest BCUT2D eigenvalue weighted by Crippen LogP contribution is 2.43. The minimum atomic E-state index is -4.28. The van der Waals surface area contributed by atoms with E-state index in [0.717, 1.165) is 6.08 Å². The summed E-state index contributed by atoms with van der Waals surface area (Å²) in [6, 6.07) is -0.265. The lowest BCUT2D eigenvalue weighted by Gasteiger charge is -2.33. The Morgan fingerprint density at radius 1 is 1.30 bits per heavy atom. The third-order valence-corrected chi connectivity index (χ3v) is 3.76. The zero-order valence-electron chi connectivity index (χ0n) is 12.2. The van der Waals surface area contributed by atoms with Gasteiger partial charge in [0.25, 0.3) is 0 Å². The second kappa shape index (κ2) is 4.64. The van der Waals surface area contributed by atoms with Crippen molar-refractivity contribution in [3.63, 3.8) is 0 Å². The molecule has 5 heteroatoms. The number of ether oxygens (including phenoxy) is 1. The minimum Gasteiger partial charge on any atom is -0.478 e. The van der Waals surface area contributed by atoms with Gasteiger partial charge in [0.2, 0.25) is 0 Å². The molecule has 2 aliphatic rings. The predicted molar refractivity (Wildman–Crippen MR) is 72.6 cm³/mol. The van der Waals surface area contributed by atoms with Crippen molar-refractivity contribution in [1.82, 2.24) is 0 Å². The highest BCUT2D eigenvalue weighted by Gasteiger charge is 2.44. The number of rotatable bonds is 1. The fraction of sp³-hybridized carbons (Fsp3) is 0.667. The van der Waals surface area contributed by atoms with Gasteiger partial charge in [0.1, 0.15) is 6.61 Å². The predicted octanol–water partition coefficient (Wildman–Crippen LogP) is 4.28. The van der Waals surface area contributed by atoms with Crippen LogP contribution in [0, 0.1) is 10.8 Å². The molecule has 20 heavy (non-hydrogen) atoms. The fourth-order valence-corrected chi connectivity index (χ4v) is 2.46. The van der Waals surface area contributed by atoms with E-state index in [1.165, 1.54) is 6.08 Å². The lowest BCUT2D eigenvalue weighted by Crippen LogP contribution is -2.34. The lowest BCUT2D eigenvalue weighted by atomic mass is 9.74. The molecular formula is C15H20F3NO. The van der Waals surface area contributed by atoms with Crippen molar-refractivity contribution in [3.8, 4) is 0 Å². The summed E-state index contributed by atoms with van der Waals surface area (Å²) < 4.78 is 44.2. The van der Waals surface area contributed by atoms with Crippen molar-refractivity contribution in [2.24, 2.45) is 15.8 Å². The zero-order chi connectivity index (χ0) is 15.2. The Kier molecular flexibility index (Phi) is 3.51. The monoisotopic (exact) mass is 287 g/mol. The van der Waals surface area contributed by atoms with E-state index in [1.807, 2.05) is 33.8 Å². The number of aliphatic imine (C=N–C) groups is 1. The second-order valence-corrected chi connectivity index (χ2v) is 6.74. The normalized spacial score (nSPS) is 30.9. The van der Waals surface area contributed by atoms with Crippen molar-refractivity contribution in [2.75, 3.05) is 6.61 Å². The van der Waals surface area contributed by atoms with Crippen molar-refractivity contribution >= 4 is 5.90 Å². The summed E-state index contributed by atoms with van der Waals surface area (Å²) in [5, 5.41) is 0. The third kappa shape index (κ3) is 2.91. The van der Waals surface area contributed by atoms with Gasteiger partial charge in [-0.2, -0.15) is 13.2 Å². The number of hydrogen-bond acceptors (Lipinski definition) is 2. The molecule has 0 bridgehead atoms. The molecule has 2 atom stereocenters. The van der Waals surface area contributed by atoms with Crippen LogP contribution in [0.3, 0.4) is 0 Å². The Morgan fingerprint density at radius 2 is 1.95 bits per heavy atom. The number of allylic oxidation sites excluding steroid dienone is 3. The molecule has 1 aliphatic carbocycles. The molecule has 2 nitrogen and oxygen atoms in total. The molecule has 0 aromatic heterocycles. The lowest BCUT2D eigenvalue weighted by molar-refractivity contribution is -0.0970. The van der Waals surface area contributed by atoms with Crippen molar-refractivity contribution < 1.29 is 17.9 Å². The van der Waals surface area contributed by atoms with E-state index in [-0.39, 0.29) is 17.9 Å². The summed E-state index contributed by atoms with van der Waals surface area (Å²) in [4.78, 5) is 4.52. The second-order valence-electron chi connectivity index (χ2n) is 6.74. The fourth-order valence-electron chi connectivity index (χ4n) is 2.46. The average molecular weight is 287 g/mol. The SMILES string of the molecule is CC(C)(C)C1=N[C@@H](C2(C)C=CC=C(C(F)(F)F)C2)CO1. The van der Waals surface area contributed by atoms with Crippen LogP contribution in [0.2, 0.25) is 0 Å². The van der Waals surface area contributed by atoms with Crippen LogP contribution in [0.1, 0.15) is 34.1 Å². The van der Waals surface area contributed by atoms with Gasteiger partial charge in [0, 0.05) is 16.4 Å². The van der Waals surface area contributed by atoms with Gasteiger partial charge in [-0.3, -0.25) is 0 Å². The first-order chi connectivity index (χ1) is 9.02. The first-order valence-corrected chi connectivity index (χ1v) is 6.69. The number of alkyl halides is 3. The third-order valence-electron chi connectivity index (χ3n) is 3.76. The largest absolute Gasteiger partial charge is 0.478 e. The van der Waals surface area contributed by atoms with E-state index in [0.29, 0.717) is 12.5 Å². The number of halogens is 3. The highest BCUT2D eigenvalue weighted by molar-refractivity contribution is 5.83. The standard InChI is InChI=1S/C15H20F3NO/c1-13(2,3)12-19-11(9-20-12)14(4)7-5-6-10(8-14)15(16,17)18/h5-7,11H,8-9H2,1-4H3/t11-,14?/m1/s1. The highest BCUT2D eigenvalue weighted by atomic mass is 19.4. The summed E-state index contributed by atoms with van der Waals surface area (Å²) in [7, 11) is 0. The molecular weight excluding hydrogens is 267 g/mol. The number of hydrogen-bond donors (Lipinski definition) is 0. The zero-order valence-corrected chi connectivity index (χ0v) is 12.2. The summed E-state index contributed by atoms with van der Waals surface area (Å²) in [6.07, 6.45) is 0.109. The molecule has 0 fully saturated rings. The van der Waals surface area contributed by atoms with E-state index in [9.17, 15) is 13.2 Å². The van der Waals surface area contributed by atoms with Gasteiger partial charge in [-0.1, -0.05) is 45.9 Å². The van der Waals surface area contributed by atoms with Gasteiger partial charge < -0.3 is 4.74 Å². The van der Waals surface area contributed by atoms with Crippen LogP contribution in [0.4, 0.5) is 13.2 Å². The Balaban J connectivity index is 2.21. The molecule has 2 rings (SSSR count). The molecule has 112 valence electrons. The maximum Gasteiger partial charge on any atom is 0.412 e. The van der Waals surface area contributed by atoms with E-state index in [2.05, 4.69) is 4.99 Å². The Labute approximate surface area is 117 Å². The van der Waals surface area contributed by atoms with Gasteiger partial charge in [-0.25, -0.2) is 4.99 Å². The molecule has 0 aromatic carbocycles. The maximum absolute atomic E-state index is 12.9. The van der Waals surface area contributed by atoms with Crippen LogP contribution in [0.15, 0.2) is 28.8 Å². The van der Waals surface area contributed by atoms with Crippen molar-refractivity contribution in [2.45, 2.75) is 46.3 Å². The molecule has 0 spiro atoms. The molecule has 0 N–H and O–H groups in total. The molecule has 0 amide bonds. The smallest absolute Gasteiger partial charge is 0.412 e. The van der Waals surface area contributed by atoms with E-state index < -0.39 is 17.2 Å². The summed E-state index contributed by atoms with van der Waals surface area (Å²) in [6.45, 7) is 8.10. The van der Waals surface area contributed by atoms with Gasteiger partial charge in [-0.05, 0) is 6.42 Å². The van der Waals surface area contributed by atoms with Gasteiger partial charge in [0.15, 0.2) is 5.90 Å². The van der Waals surface area contributed by atoms with Crippen LogP contribution >= 0.6 is 0 Å². The van der Waals surface area contributed by atoms with E-state index in [4.69, 9.17) is 4.74 Å². The quantitative estimate of drug-likeness (QED) is 0.705. The van der Waals surface area contributed by atoms with Crippen molar-refractivity contribution in [3.05, 3.63) is 23.8 Å². The van der Waals surface area contributed by atoms with Crippen LogP contribution in [0.25, 0.3) is 0 Å². The van der Waals surface area contributed by atoms with Crippen LogP contribution in [-0.4, -0.2) is 24.7 Å². The van der Waals surface area contributed by atoms with E-state index in [1.54, 1.807) is 0 Å². The molecule has 1 unspecified atom stereocenters. The summed E-state index contributed by atoms with van der Waals surface area (Å²) >= 11 is 0.